The molecule has 0 radical (unpaired) electrons. The van der Waals surface area contributed by atoms with Gasteiger partial charge >= 0.3 is 0 Å². The molecule has 224 valence electrons. The zero-order chi connectivity index (χ0) is 32.1. The fraction of sp³-hybridized carbons (Fsp3) is 0.0930. The van der Waals surface area contributed by atoms with Gasteiger partial charge in [-0.25, -0.2) is 0 Å². The molecular weight excluding hydrogens is 560 g/mol. The van der Waals surface area contributed by atoms with Crippen molar-refractivity contribution in [3.63, 3.8) is 0 Å². The van der Waals surface area contributed by atoms with Crippen LogP contribution in [0.15, 0.2) is 116 Å². The smallest absolute Gasteiger partial charge is 0.263 e. The number of para-hydroxylation sites is 1. The molecule has 0 aliphatic heterocycles. The first-order valence-electron chi connectivity index (χ1n) is 15.8. The highest BCUT2D eigenvalue weighted by Gasteiger charge is 2.21. The largest absolute Gasteiger partial charge is 0.368 e. The Morgan fingerprint density at radius 1 is 0.717 bits per heavy atom. The van der Waals surface area contributed by atoms with Crippen LogP contribution in [0.2, 0.25) is 0 Å². The summed E-state index contributed by atoms with van der Waals surface area (Å²) in [5.74, 6) is 0. The molecule has 0 unspecified atom stereocenters. The lowest BCUT2D eigenvalue weighted by molar-refractivity contribution is 0.908. The molecule has 0 atom stereocenters. The molecule has 0 saturated heterocycles. The number of benzene rings is 5. The van der Waals surface area contributed by atoms with Gasteiger partial charge in [-0.05, 0) is 81.4 Å². The second kappa shape index (κ2) is 11.4. The fourth-order valence-electron chi connectivity index (χ4n) is 7.37. The van der Waals surface area contributed by atoms with Gasteiger partial charge in [0.1, 0.15) is 0 Å². The predicted octanol–water partition coefficient (Wildman–Crippen LogP) is 11.0. The van der Waals surface area contributed by atoms with Crippen molar-refractivity contribution in [2.75, 3.05) is 18.0 Å². The summed E-state index contributed by atoms with van der Waals surface area (Å²) in [5.41, 5.74) is 8.62. The fourth-order valence-corrected chi connectivity index (χ4v) is 7.37. The summed E-state index contributed by atoms with van der Waals surface area (Å²) in [6, 6.07) is 26.0. The highest BCUT2D eigenvalue weighted by atomic mass is 16.1. The zero-order valence-corrected chi connectivity index (χ0v) is 26.4. The summed E-state index contributed by atoms with van der Waals surface area (Å²) < 4.78 is 1.87. The van der Waals surface area contributed by atoms with Gasteiger partial charge in [0, 0.05) is 40.5 Å². The topological polar surface area (TPSA) is 24.7 Å². The molecule has 0 aliphatic rings. The Labute approximate surface area is 269 Å². The lowest BCUT2D eigenvalue weighted by Crippen LogP contribution is -2.22. The standard InChI is InChI=1S/C43H36N2O/c1-7-16-32-30(10-4)39-26-28(44(12-6)23-8-2)25-38(41(39)35-18-14-13-17-33(32)35)27-21-22-34-37-20-15-19-36-29(9-3)31(11-5)43(46)45(42(36)37)40(34)24-27/h7-11,13-22,24-26H,2-5,12,23H2,1,6H3/b16-7-. The van der Waals surface area contributed by atoms with Crippen LogP contribution in [0.4, 0.5) is 5.69 Å². The minimum atomic E-state index is -0.0853. The molecule has 0 N–H and O–H groups in total. The van der Waals surface area contributed by atoms with Gasteiger partial charge in [0.2, 0.25) is 0 Å². The zero-order valence-electron chi connectivity index (χ0n) is 26.4. The van der Waals surface area contributed by atoms with E-state index in [9.17, 15) is 4.79 Å². The van der Waals surface area contributed by atoms with E-state index >= 15 is 0 Å². The Morgan fingerprint density at radius 3 is 2.11 bits per heavy atom. The maximum absolute atomic E-state index is 14.1. The van der Waals surface area contributed by atoms with Gasteiger partial charge in [-0.2, -0.15) is 0 Å². The first-order chi connectivity index (χ1) is 22.5. The van der Waals surface area contributed by atoms with Gasteiger partial charge in [0.25, 0.3) is 5.56 Å². The van der Waals surface area contributed by atoms with Crippen molar-refractivity contribution in [3.8, 4) is 11.1 Å². The molecule has 7 rings (SSSR count). The SMILES string of the molecule is C=CCN(CC)c1cc(-c2ccc3c4cccc5c(C=C)c(C=C)c(=O)n(c3c2)c54)c2c(c1)c(C=C)c(/C=C\C)c1ccccc12. The molecule has 3 heteroatoms. The van der Waals surface area contributed by atoms with Crippen molar-refractivity contribution in [2.24, 2.45) is 0 Å². The summed E-state index contributed by atoms with van der Waals surface area (Å²) in [6.45, 7) is 22.1. The van der Waals surface area contributed by atoms with Crippen LogP contribution in [0.25, 0.3) is 84.2 Å². The highest BCUT2D eigenvalue weighted by molar-refractivity contribution is 6.22. The number of rotatable bonds is 9. The van der Waals surface area contributed by atoms with E-state index in [1.807, 2.05) is 16.6 Å². The molecule has 0 fully saturated rings. The molecular formula is C43H36N2O. The lowest BCUT2D eigenvalue weighted by atomic mass is 9.86. The maximum atomic E-state index is 14.1. The number of likely N-dealkylation sites (N-methyl/N-ethyl adjacent to an activating group) is 1. The maximum Gasteiger partial charge on any atom is 0.263 e. The number of anilines is 1. The number of hydrogen-bond acceptors (Lipinski definition) is 2. The van der Waals surface area contributed by atoms with E-state index in [2.05, 4.69) is 130 Å². The average molecular weight is 597 g/mol. The van der Waals surface area contributed by atoms with Crippen molar-refractivity contribution >= 4 is 78.7 Å². The Bertz CT molecular complexity index is 2490. The molecule has 0 aliphatic carbocycles. The molecule has 3 nitrogen and oxygen atoms in total. The summed E-state index contributed by atoms with van der Waals surface area (Å²) in [4.78, 5) is 16.4. The molecule has 0 spiro atoms. The van der Waals surface area contributed by atoms with Crippen LogP contribution in [0.3, 0.4) is 0 Å². The number of hydrogen-bond donors (Lipinski definition) is 0. The molecule has 0 bridgehead atoms. The molecule has 0 saturated carbocycles. The third-order valence-corrected chi connectivity index (χ3v) is 9.35. The van der Waals surface area contributed by atoms with Crippen molar-refractivity contribution in [2.45, 2.75) is 13.8 Å². The van der Waals surface area contributed by atoms with Gasteiger partial charge in [0.15, 0.2) is 0 Å². The van der Waals surface area contributed by atoms with Crippen LogP contribution in [-0.2, 0) is 0 Å². The summed E-state index contributed by atoms with van der Waals surface area (Å²) in [5, 5.41) is 7.75. The quantitative estimate of drug-likeness (QED) is 0.122. The van der Waals surface area contributed by atoms with E-state index in [1.54, 1.807) is 12.2 Å². The average Bonchev–Trinajstić information content (AvgIpc) is 3.43. The number of allylic oxidation sites excluding steroid dienone is 1. The number of nitrogens with zero attached hydrogens (tertiary/aromatic N) is 2. The van der Waals surface area contributed by atoms with Crippen molar-refractivity contribution in [3.05, 3.63) is 144 Å². The number of aromatic nitrogens is 1. The normalized spacial score (nSPS) is 11.8. The third-order valence-electron chi connectivity index (χ3n) is 9.35. The van der Waals surface area contributed by atoms with E-state index < -0.39 is 0 Å². The van der Waals surface area contributed by atoms with Gasteiger partial charge in [-0.15, -0.1) is 6.58 Å². The Morgan fingerprint density at radius 2 is 1.41 bits per heavy atom. The number of fused-ring (bicyclic) bond motifs is 6. The molecule has 2 aromatic heterocycles. The summed E-state index contributed by atoms with van der Waals surface area (Å²) in [7, 11) is 0. The number of pyridine rings is 1. The molecule has 7 aromatic rings. The molecule has 0 amide bonds. The Kier molecular flexibility index (Phi) is 7.18. The van der Waals surface area contributed by atoms with E-state index in [0.717, 1.165) is 79.2 Å². The van der Waals surface area contributed by atoms with E-state index in [0.29, 0.717) is 5.56 Å². The summed E-state index contributed by atoms with van der Waals surface area (Å²) in [6.07, 6.45) is 11.6. The van der Waals surface area contributed by atoms with Gasteiger partial charge in [0.05, 0.1) is 11.0 Å². The minimum absolute atomic E-state index is 0.0853. The monoisotopic (exact) mass is 596 g/mol. The molecule has 2 heterocycles. The first kappa shape index (κ1) is 29.1. The van der Waals surface area contributed by atoms with Gasteiger partial charge < -0.3 is 4.90 Å². The second-order valence-electron chi connectivity index (χ2n) is 11.6. The van der Waals surface area contributed by atoms with Crippen LogP contribution in [-0.4, -0.2) is 17.5 Å². The van der Waals surface area contributed by atoms with Crippen molar-refractivity contribution in [1.29, 1.82) is 0 Å². The molecule has 46 heavy (non-hydrogen) atoms. The Hall–Kier alpha value is -5.67. The second-order valence-corrected chi connectivity index (χ2v) is 11.6. The van der Waals surface area contributed by atoms with Crippen LogP contribution < -0.4 is 10.5 Å². The highest BCUT2D eigenvalue weighted by Crippen LogP contribution is 2.44. The van der Waals surface area contributed by atoms with Crippen LogP contribution >= 0.6 is 0 Å². The van der Waals surface area contributed by atoms with Crippen molar-refractivity contribution < 1.29 is 0 Å². The van der Waals surface area contributed by atoms with E-state index in [1.165, 1.54) is 16.2 Å². The molecule has 5 aromatic carbocycles. The Balaban J connectivity index is 1.68. The lowest BCUT2D eigenvalue weighted by Gasteiger charge is -2.25. The predicted molar refractivity (Wildman–Crippen MR) is 203 cm³/mol. The van der Waals surface area contributed by atoms with Gasteiger partial charge in [-0.1, -0.05) is 111 Å². The van der Waals surface area contributed by atoms with E-state index in [4.69, 9.17) is 0 Å². The van der Waals surface area contributed by atoms with Crippen LogP contribution in [0.5, 0.6) is 0 Å². The summed E-state index contributed by atoms with van der Waals surface area (Å²) >= 11 is 0. The van der Waals surface area contributed by atoms with E-state index in [-0.39, 0.29) is 5.56 Å². The van der Waals surface area contributed by atoms with Gasteiger partial charge in [-0.3, -0.25) is 9.20 Å². The van der Waals surface area contributed by atoms with Crippen LogP contribution in [0.1, 0.15) is 36.1 Å². The third kappa shape index (κ3) is 4.09. The minimum Gasteiger partial charge on any atom is -0.368 e. The van der Waals surface area contributed by atoms with Crippen LogP contribution in [0, 0.1) is 0 Å². The van der Waals surface area contributed by atoms with Crippen molar-refractivity contribution in [1.82, 2.24) is 4.40 Å². The first-order valence-corrected chi connectivity index (χ1v) is 15.8.